The van der Waals surface area contributed by atoms with Gasteiger partial charge in [0.25, 0.3) is 0 Å². The molecule has 0 radical (unpaired) electrons. The third-order valence-corrected chi connectivity index (χ3v) is 6.78. The van der Waals surface area contributed by atoms with E-state index in [0.29, 0.717) is 48.8 Å². The molecular weight excluding hydrogens is 457 g/mol. The van der Waals surface area contributed by atoms with E-state index in [1.54, 1.807) is 6.20 Å². The summed E-state index contributed by atoms with van der Waals surface area (Å²) in [4.78, 5) is 22.8. The summed E-state index contributed by atoms with van der Waals surface area (Å²) in [5, 5.41) is 0. The molecule has 1 N–H and O–H groups in total. The van der Waals surface area contributed by atoms with Crippen LogP contribution in [0.4, 0.5) is 19.0 Å². The number of benzene rings is 1. The van der Waals surface area contributed by atoms with Gasteiger partial charge in [0.15, 0.2) is 5.65 Å². The molecule has 2 aliphatic rings. The molecule has 1 aliphatic heterocycles. The van der Waals surface area contributed by atoms with Crippen LogP contribution in [0, 0.1) is 12.8 Å². The first-order chi connectivity index (χ1) is 16.8. The maximum Gasteiger partial charge on any atom is 0.392 e. The Hall–Kier alpha value is -3.69. The second-order valence-corrected chi connectivity index (χ2v) is 9.11. The van der Waals surface area contributed by atoms with E-state index in [2.05, 4.69) is 24.9 Å². The molecule has 0 saturated carbocycles. The Labute approximate surface area is 199 Å². The molecule has 1 aromatic carbocycles. The number of aromatic nitrogens is 5. The minimum Gasteiger partial charge on any atom is -0.491 e. The maximum absolute atomic E-state index is 13.5. The molecule has 6 rings (SSSR count). The van der Waals surface area contributed by atoms with Crippen molar-refractivity contribution in [3.8, 4) is 16.9 Å². The number of pyridine rings is 1. The highest BCUT2D eigenvalue weighted by molar-refractivity contribution is 5.78. The summed E-state index contributed by atoms with van der Waals surface area (Å²) < 4.78 is 46.5. The van der Waals surface area contributed by atoms with Gasteiger partial charge in [-0.2, -0.15) is 13.2 Å². The lowest BCUT2D eigenvalue weighted by Crippen LogP contribution is -2.33. The predicted octanol–water partition coefficient (Wildman–Crippen LogP) is 4.79. The smallest absolute Gasteiger partial charge is 0.392 e. The minimum atomic E-state index is -4.23. The third-order valence-electron chi connectivity index (χ3n) is 6.78. The van der Waals surface area contributed by atoms with Gasteiger partial charge < -0.3 is 14.6 Å². The SMILES string of the molecule is Cc1nc2ncc(-c3ccc4c(c3)CN(c3ncnc5c3CC(C(F)(F)F)CC5)CCO4)cc2[nH]1. The molecule has 1 aliphatic carbocycles. The van der Waals surface area contributed by atoms with Crippen LogP contribution < -0.4 is 9.64 Å². The lowest BCUT2D eigenvalue weighted by atomic mass is 9.86. The third kappa shape index (κ3) is 4.06. The van der Waals surface area contributed by atoms with Crippen molar-refractivity contribution in [1.29, 1.82) is 0 Å². The van der Waals surface area contributed by atoms with Gasteiger partial charge in [0.2, 0.25) is 0 Å². The van der Waals surface area contributed by atoms with Crippen LogP contribution in [0.5, 0.6) is 5.75 Å². The van der Waals surface area contributed by atoms with E-state index in [4.69, 9.17) is 4.74 Å². The zero-order chi connectivity index (χ0) is 24.2. The molecule has 0 saturated heterocycles. The number of nitrogens with zero attached hydrogens (tertiary/aromatic N) is 5. The summed E-state index contributed by atoms with van der Waals surface area (Å²) >= 11 is 0. The molecule has 3 aromatic heterocycles. The van der Waals surface area contributed by atoms with E-state index in [9.17, 15) is 13.2 Å². The summed E-state index contributed by atoms with van der Waals surface area (Å²) in [6, 6.07) is 7.98. The van der Waals surface area contributed by atoms with Crippen molar-refractivity contribution in [2.24, 2.45) is 5.92 Å². The highest BCUT2D eigenvalue weighted by Crippen LogP contribution is 2.40. The summed E-state index contributed by atoms with van der Waals surface area (Å²) in [5.41, 5.74) is 5.69. The van der Waals surface area contributed by atoms with Crippen molar-refractivity contribution >= 4 is 17.0 Å². The topological polar surface area (TPSA) is 79.8 Å². The predicted molar refractivity (Wildman–Crippen MR) is 124 cm³/mol. The Morgan fingerprint density at radius 1 is 1.11 bits per heavy atom. The van der Waals surface area contributed by atoms with E-state index >= 15 is 0 Å². The minimum absolute atomic E-state index is 0.0660. The quantitative estimate of drug-likeness (QED) is 0.445. The molecule has 4 heterocycles. The highest BCUT2D eigenvalue weighted by atomic mass is 19.4. The van der Waals surface area contributed by atoms with Gasteiger partial charge in [-0.3, -0.25) is 0 Å². The van der Waals surface area contributed by atoms with Crippen molar-refractivity contribution in [3.05, 3.63) is 59.4 Å². The average molecular weight is 480 g/mol. The Bertz CT molecular complexity index is 1420. The molecule has 0 bridgehead atoms. The molecule has 35 heavy (non-hydrogen) atoms. The van der Waals surface area contributed by atoms with Crippen molar-refractivity contribution in [2.75, 3.05) is 18.1 Å². The van der Waals surface area contributed by atoms with Gasteiger partial charge in [-0.15, -0.1) is 0 Å². The number of alkyl halides is 3. The van der Waals surface area contributed by atoms with E-state index in [-0.39, 0.29) is 12.8 Å². The van der Waals surface area contributed by atoms with Crippen LogP contribution in [0.2, 0.25) is 0 Å². The molecule has 180 valence electrons. The largest absolute Gasteiger partial charge is 0.491 e. The molecule has 1 unspecified atom stereocenters. The number of rotatable bonds is 2. The van der Waals surface area contributed by atoms with Crippen LogP contribution in [0.3, 0.4) is 0 Å². The number of hydrogen-bond donors (Lipinski definition) is 1. The Balaban J connectivity index is 1.34. The van der Waals surface area contributed by atoms with Gasteiger partial charge in [0, 0.05) is 35.1 Å². The zero-order valence-electron chi connectivity index (χ0n) is 19.1. The number of hydrogen-bond acceptors (Lipinski definition) is 6. The molecule has 7 nitrogen and oxygen atoms in total. The molecular formula is C25H23F3N6O. The van der Waals surface area contributed by atoms with Crippen LogP contribution in [-0.4, -0.2) is 44.2 Å². The summed E-state index contributed by atoms with van der Waals surface area (Å²) in [6.07, 6.45) is -0.694. The number of halogens is 3. The summed E-state index contributed by atoms with van der Waals surface area (Å²) in [6.45, 7) is 3.29. The van der Waals surface area contributed by atoms with E-state index < -0.39 is 12.1 Å². The molecule has 0 fully saturated rings. The monoisotopic (exact) mass is 480 g/mol. The van der Waals surface area contributed by atoms with Gasteiger partial charge in [-0.05, 0) is 49.9 Å². The highest BCUT2D eigenvalue weighted by Gasteiger charge is 2.42. The molecule has 0 amide bonds. The van der Waals surface area contributed by atoms with Gasteiger partial charge in [-0.25, -0.2) is 19.9 Å². The Kier molecular flexibility index (Phi) is 5.12. The first kappa shape index (κ1) is 21.8. The Morgan fingerprint density at radius 2 is 2.00 bits per heavy atom. The van der Waals surface area contributed by atoms with E-state index in [0.717, 1.165) is 33.8 Å². The maximum atomic E-state index is 13.5. The summed E-state index contributed by atoms with van der Waals surface area (Å²) in [7, 11) is 0. The van der Waals surface area contributed by atoms with Gasteiger partial charge in [0.1, 0.15) is 30.3 Å². The standard InChI is InChI=1S/C25H23F3N6O/c1-14-32-21-9-16(11-29-23(21)33-14)15-2-5-22-17(8-15)12-34(6-7-35-22)24-19-10-18(25(26,27)28)3-4-20(19)30-13-31-24/h2,5,8-9,11,13,18H,3-4,6-7,10,12H2,1H3,(H,29,32,33). The lowest BCUT2D eigenvalue weighted by Gasteiger charge is -2.30. The van der Waals surface area contributed by atoms with Crippen LogP contribution in [0.15, 0.2) is 36.8 Å². The van der Waals surface area contributed by atoms with Crippen LogP contribution in [0.25, 0.3) is 22.3 Å². The number of aromatic amines is 1. The number of nitrogens with one attached hydrogen (secondary N) is 1. The van der Waals surface area contributed by atoms with E-state index in [1.165, 1.54) is 6.33 Å². The van der Waals surface area contributed by atoms with E-state index in [1.807, 2.05) is 36.1 Å². The fourth-order valence-electron chi connectivity index (χ4n) is 5.01. The van der Waals surface area contributed by atoms with Crippen molar-refractivity contribution in [2.45, 2.75) is 38.9 Å². The number of anilines is 1. The van der Waals surface area contributed by atoms with Crippen LogP contribution >= 0.6 is 0 Å². The van der Waals surface area contributed by atoms with Crippen molar-refractivity contribution in [1.82, 2.24) is 24.9 Å². The van der Waals surface area contributed by atoms with Gasteiger partial charge in [-0.1, -0.05) is 6.07 Å². The normalized spacial score (nSPS) is 18.1. The van der Waals surface area contributed by atoms with Gasteiger partial charge >= 0.3 is 6.18 Å². The molecule has 0 spiro atoms. The fraction of sp³-hybridized carbons (Fsp3) is 0.360. The summed E-state index contributed by atoms with van der Waals surface area (Å²) in [5.74, 6) is 0.771. The number of imidazole rings is 1. The number of H-pyrrole nitrogens is 1. The zero-order valence-corrected chi connectivity index (χ0v) is 19.1. The first-order valence-electron chi connectivity index (χ1n) is 11.6. The molecule has 1 atom stereocenters. The molecule has 10 heteroatoms. The Morgan fingerprint density at radius 3 is 2.86 bits per heavy atom. The van der Waals surface area contributed by atoms with Crippen LogP contribution in [0.1, 0.15) is 29.1 Å². The lowest BCUT2D eigenvalue weighted by molar-refractivity contribution is -0.177. The fourth-order valence-corrected chi connectivity index (χ4v) is 5.01. The number of fused-ring (bicyclic) bond motifs is 3. The average Bonchev–Trinajstić information content (AvgIpc) is 3.08. The second-order valence-electron chi connectivity index (χ2n) is 9.11. The van der Waals surface area contributed by atoms with Crippen LogP contribution in [-0.2, 0) is 19.4 Å². The second kappa shape index (κ2) is 8.21. The molecule has 4 aromatic rings. The first-order valence-corrected chi connectivity index (χ1v) is 11.6. The van der Waals surface area contributed by atoms with Gasteiger partial charge in [0.05, 0.1) is 18.0 Å². The number of ether oxygens (including phenoxy) is 1. The van der Waals surface area contributed by atoms with Crippen molar-refractivity contribution in [3.63, 3.8) is 0 Å². The van der Waals surface area contributed by atoms with Crippen molar-refractivity contribution < 1.29 is 17.9 Å². The number of aryl methyl sites for hydroxylation is 2.